The highest BCUT2D eigenvalue weighted by Crippen LogP contribution is 2.23. The number of carbonyl (C=O) groups is 2. The van der Waals surface area contributed by atoms with Crippen LogP contribution in [-0.2, 0) is 9.53 Å². The van der Waals surface area contributed by atoms with Crippen molar-refractivity contribution >= 4 is 11.9 Å². The molecule has 0 radical (unpaired) electrons. The first-order valence-corrected chi connectivity index (χ1v) is 5.77. The summed E-state index contributed by atoms with van der Waals surface area (Å²) in [4.78, 5) is 23.0. The van der Waals surface area contributed by atoms with E-state index in [1.807, 2.05) is 0 Å². The van der Waals surface area contributed by atoms with E-state index in [0.717, 1.165) is 0 Å². The Morgan fingerprint density at radius 3 is 2.63 bits per heavy atom. The molecule has 104 valence electrons. The van der Waals surface area contributed by atoms with Gasteiger partial charge >= 0.3 is 5.97 Å². The van der Waals surface area contributed by atoms with Crippen molar-refractivity contribution in [2.75, 3.05) is 13.7 Å². The third-order valence-corrected chi connectivity index (χ3v) is 2.21. The second kappa shape index (κ2) is 6.63. The molecule has 6 nitrogen and oxygen atoms in total. The molecule has 19 heavy (non-hydrogen) atoms. The Bertz CT molecular complexity index is 470. The number of benzene rings is 1. The molecule has 0 saturated heterocycles. The fourth-order valence-corrected chi connectivity index (χ4v) is 1.38. The third kappa shape index (κ3) is 4.50. The van der Waals surface area contributed by atoms with Crippen molar-refractivity contribution in [1.82, 2.24) is 5.32 Å². The Morgan fingerprint density at radius 2 is 2.05 bits per heavy atom. The molecule has 0 aliphatic rings. The van der Waals surface area contributed by atoms with E-state index in [-0.39, 0.29) is 17.4 Å². The maximum atomic E-state index is 11.7. The number of hydrogen-bond donors (Lipinski definition) is 2. The summed E-state index contributed by atoms with van der Waals surface area (Å²) >= 11 is 0. The molecule has 1 amide bonds. The molecular weight excluding hydrogens is 250 g/mol. The van der Waals surface area contributed by atoms with E-state index in [1.54, 1.807) is 13.8 Å². The van der Waals surface area contributed by atoms with Gasteiger partial charge in [0.2, 0.25) is 0 Å². The molecule has 0 atom stereocenters. The minimum Gasteiger partial charge on any atom is -0.507 e. The van der Waals surface area contributed by atoms with Crippen molar-refractivity contribution in [3.8, 4) is 11.5 Å². The topological polar surface area (TPSA) is 84.9 Å². The van der Waals surface area contributed by atoms with Crippen LogP contribution < -0.4 is 10.1 Å². The average molecular weight is 267 g/mol. The normalized spacial score (nSPS) is 10.1. The lowest BCUT2D eigenvalue weighted by molar-refractivity contribution is -0.124. The number of methoxy groups -OCH3 is 1. The first-order chi connectivity index (χ1) is 8.93. The van der Waals surface area contributed by atoms with E-state index in [4.69, 9.17) is 9.47 Å². The molecule has 1 aromatic rings. The first-order valence-electron chi connectivity index (χ1n) is 5.77. The number of aromatic hydroxyl groups is 1. The lowest BCUT2D eigenvalue weighted by Gasteiger charge is -2.10. The van der Waals surface area contributed by atoms with Gasteiger partial charge in [0.1, 0.15) is 17.1 Å². The van der Waals surface area contributed by atoms with Gasteiger partial charge in [-0.2, -0.15) is 0 Å². The number of amides is 1. The van der Waals surface area contributed by atoms with Gasteiger partial charge in [-0.3, -0.25) is 4.79 Å². The zero-order chi connectivity index (χ0) is 14.4. The van der Waals surface area contributed by atoms with Gasteiger partial charge in [-0.25, -0.2) is 4.79 Å². The summed E-state index contributed by atoms with van der Waals surface area (Å²) in [6.07, 6.45) is 0. The lowest BCUT2D eigenvalue weighted by atomic mass is 10.2. The summed E-state index contributed by atoms with van der Waals surface area (Å²) in [6.45, 7) is 3.20. The van der Waals surface area contributed by atoms with Gasteiger partial charge in [-0.1, -0.05) is 0 Å². The number of esters is 1. The predicted molar refractivity (Wildman–Crippen MR) is 68.2 cm³/mol. The van der Waals surface area contributed by atoms with Crippen molar-refractivity contribution in [2.24, 2.45) is 0 Å². The highest BCUT2D eigenvalue weighted by molar-refractivity contribution is 5.94. The van der Waals surface area contributed by atoms with E-state index < -0.39 is 18.5 Å². The van der Waals surface area contributed by atoms with Gasteiger partial charge in [0.05, 0.1) is 7.11 Å². The zero-order valence-electron chi connectivity index (χ0n) is 11.1. The first kappa shape index (κ1) is 14.8. The van der Waals surface area contributed by atoms with Crippen LogP contribution in [0.15, 0.2) is 18.2 Å². The van der Waals surface area contributed by atoms with Crippen molar-refractivity contribution in [1.29, 1.82) is 0 Å². The third-order valence-electron chi connectivity index (χ3n) is 2.21. The predicted octanol–water partition coefficient (Wildman–Crippen LogP) is 1.08. The molecule has 0 heterocycles. The van der Waals surface area contributed by atoms with Gasteiger partial charge in [-0.15, -0.1) is 0 Å². The van der Waals surface area contributed by atoms with E-state index in [9.17, 15) is 14.7 Å². The summed E-state index contributed by atoms with van der Waals surface area (Å²) in [5, 5.41) is 12.1. The van der Waals surface area contributed by atoms with E-state index >= 15 is 0 Å². The molecule has 0 unspecified atom stereocenters. The molecule has 0 aromatic heterocycles. The van der Waals surface area contributed by atoms with Gasteiger partial charge in [0.25, 0.3) is 5.91 Å². The van der Waals surface area contributed by atoms with Gasteiger partial charge < -0.3 is 19.9 Å². The van der Waals surface area contributed by atoms with Gasteiger partial charge in [-0.05, 0) is 32.0 Å². The monoisotopic (exact) mass is 267 g/mol. The summed E-state index contributed by atoms with van der Waals surface area (Å²) in [6, 6.07) is 4.15. The Hall–Kier alpha value is -2.24. The average Bonchev–Trinajstić information content (AvgIpc) is 2.35. The fourth-order valence-electron chi connectivity index (χ4n) is 1.38. The molecule has 0 spiro atoms. The Balaban J connectivity index is 2.65. The molecule has 0 fully saturated rings. The number of nitrogens with one attached hydrogen (secondary N) is 1. The molecule has 2 N–H and O–H groups in total. The van der Waals surface area contributed by atoms with Crippen LogP contribution in [0.2, 0.25) is 0 Å². The minimum absolute atomic E-state index is 0.0311. The lowest BCUT2D eigenvalue weighted by Crippen LogP contribution is -2.34. The Kier molecular flexibility index (Phi) is 5.17. The van der Waals surface area contributed by atoms with Crippen LogP contribution in [0.5, 0.6) is 11.5 Å². The molecule has 0 aliphatic carbocycles. The van der Waals surface area contributed by atoms with Gasteiger partial charge in [0, 0.05) is 6.04 Å². The van der Waals surface area contributed by atoms with E-state index in [1.165, 1.54) is 25.3 Å². The SMILES string of the molecule is COc1ccc(O)c(C(=O)OCC(=O)NC(C)C)c1. The van der Waals surface area contributed by atoms with Crippen molar-refractivity contribution in [3.63, 3.8) is 0 Å². The fraction of sp³-hybridized carbons (Fsp3) is 0.385. The maximum absolute atomic E-state index is 11.7. The van der Waals surface area contributed by atoms with Crippen molar-refractivity contribution in [2.45, 2.75) is 19.9 Å². The number of hydrogen-bond acceptors (Lipinski definition) is 5. The smallest absolute Gasteiger partial charge is 0.342 e. The highest BCUT2D eigenvalue weighted by atomic mass is 16.5. The summed E-state index contributed by atoms with van der Waals surface area (Å²) in [5.74, 6) is -0.993. The van der Waals surface area contributed by atoms with Gasteiger partial charge in [0.15, 0.2) is 6.61 Å². The second-order valence-electron chi connectivity index (χ2n) is 4.18. The summed E-state index contributed by atoms with van der Waals surface area (Å²) in [7, 11) is 1.44. The standard InChI is InChI=1S/C13H17NO5/c1-8(2)14-12(16)7-19-13(17)10-6-9(18-3)4-5-11(10)15/h4-6,8,15H,7H2,1-3H3,(H,14,16). The van der Waals surface area contributed by atoms with Crippen LogP contribution in [0, 0.1) is 0 Å². The molecule has 1 rings (SSSR count). The van der Waals surface area contributed by atoms with Crippen LogP contribution in [-0.4, -0.2) is 36.7 Å². The summed E-state index contributed by atoms with van der Waals surface area (Å²) in [5.41, 5.74) is -0.0447. The molecule has 1 aromatic carbocycles. The van der Waals surface area contributed by atoms with Crippen LogP contribution >= 0.6 is 0 Å². The van der Waals surface area contributed by atoms with Crippen LogP contribution in [0.4, 0.5) is 0 Å². The zero-order valence-corrected chi connectivity index (χ0v) is 11.1. The quantitative estimate of drug-likeness (QED) is 0.780. The van der Waals surface area contributed by atoms with E-state index in [2.05, 4.69) is 5.32 Å². The molecular formula is C13H17NO5. The number of phenolic OH excluding ortho intramolecular Hbond substituents is 1. The largest absolute Gasteiger partial charge is 0.507 e. The summed E-state index contributed by atoms with van der Waals surface area (Å²) < 4.78 is 9.74. The maximum Gasteiger partial charge on any atom is 0.342 e. The number of carbonyl (C=O) groups excluding carboxylic acids is 2. The number of ether oxygens (including phenoxy) is 2. The van der Waals surface area contributed by atoms with Crippen LogP contribution in [0.25, 0.3) is 0 Å². The molecule has 0 aliphatic heterocycles. The van der Waals surface area contributed by atoms with Crippen LogP contribution in [0.3, 0.4) is 0 Å². The Labute approximate surface area is 111 Å². The van der Waals surface area contributed by atoms with Crippen LogP contribution in [0.1, 0.15) is 24.2 Å². The minimum atomic E-state index is -0.782. The number of rotatable bonds is 5. The molecule has 6 heteroatoms. The number of phenols is 1. The second-order valence-corrected chi connectivity index (χ2v) is 4.18. The van der Waals surface area contributed by atoms with Crippen molar-refractivity contribution < 1.29 is 24.2 Å². The van der Waals surface area contributed by atoms with E-state index in [0.29, 0.717) is 5.75 Å². The molecule has 0 saturated carbocycles. The highest BCUT2D eigenvalue weighted by Gasteiger charge is 2.15. The molecule has 0 bridgehead atoms. The van der Waals surface area contributed by atoms with Crippen molar-refractivity contribution in [3.05, 3.63) is 23.8 Å². The Morgan fingerprint density at radius 1 is 1.37 bits per heavy atom.